The van der Waals surface area contributed by atoms with Crippen molar-refractivity contribution >= 4 is 41.1 Å². The van der Waals surface area contributed by atoms with Crippen LogP contribution in [-0.2, 0) is 14.3 Å². The molecule has 0 aliphatic rings. The number of halogens is 2. The number of rotatable bonds is 6. The van der Waals surface area contributed by atoms with Crippen molar-refractivity contribution in [1.82, 2.24) is 16.0 Å². The van der Waals surface area contributed by atoms with Crippen LogP contribution in [0.15, 0.2) is 0 Å². The summed E-state index contributed by atoms with van der Waals surface area (Å²) in [5.74, 6) is -0.937. The SMILES string of the molecule is CC(C)(C)OC(=O)NCC(=O)NCCNC(=O)C(Cl)Cl. The first-order valence-electron chi connectivity index (χ1n) is 5.91. The molecule has 0 aliphatic carbocycles. The fourth-order valence-electron chi connectivity index (χ4n) is 0.994. The van der Waals surface area contributed by atoms with E-state index in [9.17, 15) is 14.4 Å². The summed E-state index contributed by atoms with van der Waals surface area (Å²) in [6.45, 7) is 5.33. The zero-order chi connectivity index (χ0) is 15.8. The highest BCUT2D eigenvalue weighted by Gasteiger charge is 2.16. The van der Waals surface area contributed by atoms with Gasteiger partial charge in [-0.2, -0.15) is 0 Å². The number of carbonyl (C=O) groups excluding carboxylic acids is 3. The van der Waals surface area contributed by atoms with Gasteiger partial charge >= 0.3 is 6.09 Å². The summed E-state index contributed by atoms with van der Waals surface area (Å²) in [4.78, 5) is 32.4. The number of ether oxygens (including phenoxy) is 1. The van der Waals surface area contributed by atoms with Crippen LogP contribution in [0.1, 0.15) is 20.8 Å². The number of nitrogens with one attached hydrogen (secondary N) is 3. The molecule has 0 rings (SSSR count). The average molecular weight is 328 g/mol. The van der Waals surface area contributed by atoms with Gasteiger partial charge in [-0.1, -0.05) is 23.2 Å². The molecule has 3 N–H and O–H groups in total. The molecule has 0 atom stereocenters. The van der Waals surface area contributed by atoms with Crippen molar-refractivity contribution in [3.8, 4) is 0 Å². The van der Waals surface area contributed by atoms with Gasteiger partial charge in [0, 0.05) is 13.1 Å². The summed E-state index contributed by atoms with van der Waals surface area (Å²) in [5.41, 5.74) is -0.621. The van der Waals surface area contributed by atoms with Crippen LogP contribution in [-0.4, -0.2) is 48.0 Å². The zero-order valence-electron chi connectivity index (χ0n) is 11.6. The van der Waals surface area contributed by atoms with Gasteiger partial charge in [-0.25, -0.2) is 4.79 Å². The smallest absolute Gasteiger partial charge is 0.408 e. The molecule has 3 amide bonds. The van der Waals surface area contributed by atoms with E-state index in [2.05, 4.69) is 16.0 Å². The number of carbonyl (C=O) groups is 3. The Balaban J connectivity index is 3.70. The Morgan fingerprint density at radius 2 is 1.60 bits per heavy atom. The number of alkyl halides is 2. The second kappa shape index (κ2) is 8.86. The van der Waals surface area contributed by atoms with Crippen molar-refractivity contribution in [1.29, 1.82) is 0 Å². The summed E-state index contributed by atoms with van der Waals surface area (Å²) in [5, 5.41) is 7.19. The molecule has 0 spiro atoms. The van der Waals surface area contributed by atoms with Gasteiger partial charge in [0.1, 0.15) is 5.60 Å². The van der Waals surface area contributed by atoms with Crippen LogP contribution in [0.25, 0.3) is 0 Å². The van der Waals surface area contributed by atoms with Crippen LogP contribution >= 0.6 is 23.2 Å². The van der Waals surface area contributed by atoms with Gasteiger partial charge in [-0.05, 0) is 20.8 Å². The minimum Gasteiger partial charge on any atom is -0.444 e. The van der Waals surface area contributed by atoms with Crippen molar-refractivity contribution in [2.24, 2.45) is 0 Å². The molecule has 0 bridgehead atoms. The van der Waals surface area contributed by atoms with E-state index >= 15 is 0 Å². The molecule has 0 aromatic carbocycles. The molecule has 0 saturated carbocycles. The lowest BCUT2D eigenvalue weighted by atomic mass is 10.2. The Kier molecular flexibility index (Phi) is 8.33. The van der Waals surface area contributed by atoms with Crippen LogP contribution in [0, 0.1) is 0 Å². The maximum absolute atomic E-state index is 11.3. The number of alkyl carbamates (subject to hydrolysis) is 1. The Hall–Kier alpha value is -1.21. The molecular formula is C11H19Cl2N3O4. The summed E-state index contributed by atoms with van der Waals surface area (Å²) >= 11 is 10.6. The minimum atomic E-state index is -1.14. The number of hydrogen-bond donors (Lipinski definition) is 3. The zero-order valence-corrected chi connectivity index (χ0v) is 13.1. The molecule has 0 aromatic heterocycles. The topological polar surface area (TPSA) is 96.5 Å². The van der Waals surface area contributed by atoms with Gasteiger partial charge in [0.05, 0.1) is 6.54 Å². The Labute approximate surface area is 127 Å². The van der Waals surface area contributed by atoms with E-state index < -0.39 is 28.3 Å². The first-order valence-corrected chi connectivity index (χ1v) is 6.78. The van der Waals surface area contributed by atoms with Crippen molar-refractivity contribution in [3.05, 3.63) is 0 Å². The summed E-state index contributed by atoms with van der Waals surface area (Å²) in [6, 6.07) is 0. The standard InChI is InChI=1S/C11H19Cl2N3O4/c1-11(2,3)20-10(19)16-6-7(17)14-4-5-15-9(18)8(12)13/h8H,4-6H2,1-3H3,(H,14,17)(H,15,18)(H,16,19). The van der Waals surface area contributed by atoms with Crippen LogP contribution < -0.4 is 16.0 Å². The van der Waals surface area contributed by atoms with E-state index in [1.54, 1.807) is 20.8 Å². The van der Waals surface area contributed by atoms with Crippen LogP contribution in [0.5, 0.6) is 0 Å². The normalized spacial score (nSPS) is 10.9. The minimum absolute atomic E-state index is 0.187. The Morgan fingerprint density at radius 1 is 1.05 bits per heavy atom. The third-order valence-corrected chi connectivity index (χ3v) is 2.13. The first kappa shape index (κ1) is 18.8. The van der Waals surface area contributed by atoms with Gasteiger partial charge in [0.15, 0.2) is 4.84 Å². The second-order valence-corrected chi connectivity index (χ2v) is 5.89. The van der Waals surface area contributed by atoms with Gasteiger partial charge in [-0.15, -0.1) is 0 Å². The van der Waals surface area contributed by atoms with E-state index in [-0.39, 0.29) is 19.6 Å². The number of amides is 3. The van der Waals surface area contributed by atoms with E-state index in [4.69, 9.17) is 27.9 Å². The highest BCUT2D eigenvalue weighted by Crippen LogP contribution is 2.05. The molecule has 0 fully saturated rings. The van der Waals surface area contributed by atoms with Gasteiger partial charge < -0.3 is 20.7 Å². The highest BCUT2D eigenvalue weighted by atomic mass is 35.5. The molecule has 9 heteroatoms. The predicted octanol–water partition coefficient (Wildman–Crippen LogP) is 0.547. The fourth-order valence-corrected chi connectivity index (χ4v) is 1.15. The van der Waals surface area contributed by atoms with Gasteiger partial charge in [0.2, 0.25) is 5.91 Å². The Morgan fingerprint density at radius 3 is 2.10 bits per heavy atom. The maximum atomic E-state index is 11.3. The molecule has 7 nitrogen and oxygen atoms in total. The molecule has 0 aliphatic heterocycles. The fraction of sp³-hybridized carbons (Fsp3) is 0.727. The van der Waals surface area contributed by atoms with E-state index in [0.717, 1.165) is 0 Å². The first-order chi connectivity index (χ1) is 9.11. The van der Waals surface area contributed by atoms with E-state index in [1.807, 2.05) is 0 Å². The van der Waals surface area contributed by atoms with Crippen molar-refractivity contribution in [2.75, 3.05) is 19.6 Å². The highest BCUT2D eigenvalue weighted by molar-refractivity contribution is 6.53. The lowest BCUT2D eigenvalue weighted by Crippen LogP contribution is -2.42. The van der Waals surface area contributed by atoms with Crippen molar-refractivity contribution in [3.63, 3.8) is 0 Å². The molecule has 116 valence electrons. The Bertz CT molecular complexity index is 356. The van der Waals surface area contributed by atoms with Gasteiger partial charge in [-0.3, -0.25) is 9.59 Å². The molecule has 0 radical (unpaired) electrons. The monoisotopic (exact) mass is 327 g/mol. The van der Waals surface area contributed by atoms with Crippen LogP contribution in [0.3, 0.4) is 0 Å². The molecule has 0 unspecified atom stereocenters. The van der Waals surface area contributed by atoms with E-state index in [0.29, 0.717) is 0 Å². The van der Waals surface area contributed by atoms with Crippen LogP contribution in [0.2, 0.25) is 0 Å². The second-order valence-electron chi connectivity index (χ2n) is 4.80. The quantitative estimate of drug-likeness (QED) is 0.490. The molecule has 0 heterocycles. The third kappa shape index (κ3) is 10.7. The van der Waals surface area contributed by atoms with Crippen molar-refractivity contribution < 1.29 is 19.1 Å². The molecule has 0 aromatic rings. The number of hydrogen-bond acceptors (Lipinski definition) is 4. The third-order valence-electron chi connectivity index (χ3n) is 1.74. The molecule has 0 saturated heterocycles. The summed E-state index contributed by atoms with van der Waals surface area (Å²) in [6.07, 6.45) is -0.673. The average Bonchev–Trinajstić information content (AvgIpc) is 2.29. The van der Waals surface area contributed by atoms with Crippen LogP contribution in [0.4, 0.5) is 4.79 Å². The predicted molar refractivity (Wildman–Crippen MR) is 75.8 cm³/mol. The largest absolute Gasteiger partial charge is 0.444 e. The summed E-state index contributed by atoms with van der Waals surface area (Å²) < 4.78 is 4.96. The molecule has 20 heavy (non-hydrogen) atoms. The lowest BCUT2D eigenvalue weighted by molar-refractivity contribution is -0.121. The lowest BCUT2D eigenvalue weighted by Gasteiger charge is -2.19. The van der Waals surface area contributed by atoms with Crippen molar-refractivity contribution in [2.45, 2.75) is 31.2 Å². The van der Waals surface area contributed by atoms with Gasteiger partial charge in [0.25, 0.3) is 5.91 Å². The van der Waals surface area contributed by atoms with E-state index in [1.165, 1.54) is 0 Å². The maximum Gasteiger partial charge on any atom is 0.408 e. The summed E-state index contributed by atoms with van der Waals surface area (Å²) in [7, 11) is 0. The molecular weight excluding hydrogens is 309 g/mol.